The normalized spacial score (nSPS) is 39.5. The maximum Gasteiger partial charge on any atom is 0.352 e. The van der Waals surface area contributed by atoms with E-state index in [1.807, 2.05) is 0 Å². The van der Waals surface area contributed by atoms with Gasteiger partial charge in [0.15, 0.2) is 0 Å². The van der Waals surface area contributed by atoms with Crippen LogP contribution in [0.4, 0.5) is 0 Å². The van der Waals surface area contributed by atoms with E-state index in [1.165, 1.54) is 0 Å². The third-order valence-electron chi connectivity index (χ3n) is 2.42. The van der Waals surface area contributed by atoms with Crippen LogP contribution in [0, 0.1) is 5.92 Å². The zero-order valence-electron chi connectivity index (χ0n) is 8.17. The third-order valence-corrected chi connectivity index (χ3v) is 5.66. The van der Waals surface area contributed by atoms with E-state index in [4.69, 9.17) is 14.6 Å². The standard InChI is InChI=1S/C8H19NO2Si/c1-4-8(9)12(3)10-5-7(2)6-11-12/h7-8H,4-6,9H2,1-3H3. The van der Waals surface area contributed by atoms with Crippen molar-refractivity contribution in [1.29, 1.82) is 0 Å². The van der Waals surface area contributed by atoms with E-state index in [0.29, 0.717) is 5.92 Å². The van der Waals surface area contributed by atoms with Crippen LogP contribution in [0.2, 0.25) is 6.55 Å². The van der Waals surface area contributed by atoms with E-state index in [2.05, 4.69) is 20.4 Å². The molecule has 0 spiro atoms. The van der Waals surface area contributed by atoms with Gasteiger partial charge in [-0.3, -0.25) is 0 Å². The van der Waals surface area contributed by atoms with Crippen LogP contribution in [0.15, 0.2) is 0 Å². The largest absolute Gasteiger partial charge is 0.393 e. The molecule has 0 aromatic rings. The Hall–Kier alpha value is 0.0969. The minimum Gasteiger partial charge on any atom is -0.393 e. The van der Waals surface area contributed by atoms with E-state index in [-0.39, 0.29) is 5.67 Å². The van der Waals surface area contributed by atoms with E-state index in [0.717, 1.165) is 19.6 Å². The minimum atomic E-state index is -2.00. The fourth-order valence-corrected chi connectivity index (χ4v) is 3.77. The Labute approximate surface area is 75.5 Å². The molecule has 1 unspecified atom stereocenters. The SMILES string of the molecule is CCC(N)[Si]1(C)OCC(C)CO1. The summed E-state index contributed by atoms with van der Waals surface area (Å²) < 4.78 is 11.4. The van der Waals surface area contributed by atoms with E-state index in [1.54, 1.807) is 0 Å². The quantitative estimate of drug-likeness (QED) is 0.660. The van der Waals surface area contributed by atoms with Crippen molar-refractivity contribution < 1.29 is 8.85 Å². The molecule has 0 radical (unpaired) electrons. The van der Waals surface area contributed by atoms with Gasteiger partial charge in [-0.05, 0) is 13.0 Å². The highest BCUT2D eigenvalue weighted by molar-refractivity contribution is 6.67. The van der Waals surface area contributed by atoms with Gasteiger partial charge in [0.05, 0.1) is 0 Å². The predicted molar refractivity (Wildman–Crippen MR) is 51.0 cm³/mol. The molecule has 1 saturated heterocycles. The molecule has 0 bridgehead atoms. The molecule has 12 heavy (non-hydrogen) atoms. The molecule has 1 rings (SSSR count). The van der Waals surface area contributed by atoms with Crippen molar-refractivity contribution in [1.82, 2.24) is 0 Å². The van der Waals surface area contributed by atoms with Gasteiger partial charge >= 0.3 is 8.56 Å². The van der Waals surface area contributed by atoms with Gasteiger partial charge in [0.2, 0.25) is 0 Å². The van der Waals surface area contributed by atoms with Crippen molar-refractivity contribution in [3.63, 3.8) is 0 Å². The Balaban J connectivity index is 2.49. The van der Waals surface area contributed by atoms with Crippen molar-refractivity contribution in [3.8, 4) is 0 Å². The first-order valence-electron chi connectivity index (χ1n) is 4.62. The molecule has 1 heterocycles. The van der Waals surface area contributed by atoms with Crippen LogP contribution in [-0.4, -0.2) is 27.4 Å². The first kappa shape index (κ1) is 10.2. The second-order valence-corrected chi connectivity index (χ2v) is 7.11. The van der Waals surface area contributed by atoms with Crippen LogP contribution >= 0.6 is 0 Å². The highest BCUT2D eigenvalue weighted by Gasteiger charge is 2.41. The molecule has 1 aliphatic heterocycles. The van der Waals surface area contributed by atoms with E-state index in [9.17, 15) is 0 Å². The van der Waals surface area contributed by atoms with Gasteiger partial charge < -0.3 is 14.6 Å². The van der Waals surface area contributed by atoms with Gasteiger partial charge in [0, 0.05) is 24.8 Å². The zero-order valence-corrected chi connectivity index (χ0v) is 9.17. The Morgan fingerprint density at radius 3 is 2.42 bits per heavy atom. The molecular formula is C8H19NO2Si. The molecule has 1 aliphatic rings. The Kier molecular flexibility index (Phi) is 3.28. The fourth-order valence-electron chi connectivity index (χ4n) is 1.29. The summed E-state index contributed by atoms with van der Waals surface area (Å²) in [4.78, 5) is 0. The predicted octanol–water partition coefficient (Wildman–Crippen LogP) is 1.02. The molecule has 0 aliphatic carbocycles. The first-order chi connectivity index (χ1) is 5.58. The van der Waals surface area contributed by atoms with Crippen LogP contribution in [0.5, 0.6) is 0 Å². The number of hydrogen-bond donors (Lipinski definition) is 1. The average Bonchev–Trinajstić information content (AvgIpc) is 2.09. The van der Waals surface area contributed by atoms with Gasteiger partial charge in [-0.2, -0.15) is 0 Å². The summed E-state index contributed by atoms with van der Waals surface area (Å²) in [5.41, 5.74) is 6.05. The lowest BCUT2D eigenvalue weighted by molar-refractivity contribution is 0.0642. The van der Waals surface area contributed by atoms with Crippen molar-refractivity contribution in [2.45, 2.75) is 32.5 Å². The lowest BCUT2D eigenvalue weighted by Gasteiger charge is -2.37. The average molecular weight is 189 g/mol. The molecule has 0 amide bonds. The van der Waals surface area contributed by atoms with Gasteiger partial charge in [-0.1, -0.05) is 13.8 Å². The molecule has 0 aromatic heterocycles. The fraction of sp³-hybridized carbons (Fsp3) is 1.00. The summed E-state index contributed by atoms with van der Waals surface area (Å²) in [6.07, 6.45) is 0.942. The number of hydrogen-bond acceptors (Lipinski definition) is 3. The lowest BCUT2D eigenvalue weighted by atomic mass is 10.2. The van der Waals surface area contributed by atoms with Crippen LogP contribution in [0.1, 0.15) is 20.3 Å². The van der Waals surface area contributed by atoms with Crippen molar-refractivity contribution in [2.24, 2.45) is 11.7 Å². The summed E-state index contributed by atoms with van der Waals surface area (Å²) in [6, 6.07) is 0. The van der Waals surface area contributed by atoms with Crippen molar-refractivity contribution in [3.05, 3.63) is 0 Å². The molecule has 0 aromatic carbocycles. The van der Waals surface area contributed by atoms with Crippen LogP contribution in [0.25, 0.3) is 0 Å². The van der Waals surface area contributed by atoms with Crippen LogP contribution in [0.3, 0.4) is 0 Å². The second-order valence-electron chi connectivity index (χ2n) is 3.76. The van der Waals surface area contributed by atoms with Gasteiger partial charge in [0.25, 0.3) is 0 Å². The second kappa shape index (κ2) is 3.87. The van der Waals surface area contributed by atoms with Crippen molar-refractivity contribution in [2.75, 3.05) is 13.2 Å². The van der Waals surface area contributed by atoms with Crippen LogP contribution in [-0.2, 0) is 8.85 Å². The highest BCUT2D eigenvalue weighted by Crippen LogP contribution is 2.20. The van der Waals surface area contributed by atoms with Gasteiger partial charge in [-0.25, -0.2) is 0 Å². The maximum absolute atomic E-state index is 5.94. The minimum absolute atomic E-state index is 0.116. The lowest BCUT2D eigenvalue weighted by Crippen LogP contribution is -2.58. The number of rotatable bonds is 2. The smallest absolute Gasteiger partial charge is 0.352 e. The zero-order chi connectivity index (χ0) is 9.19. The summed E-state index contributed by atoms with van der Waals surface area (Å²) in [6.45, 7) is 7.90. The molecule has 0 saturated carbocycles. The molecule has 2 N–H and O–H groups in total. The topological polar surface area (TPSA) is 44.5 Å². The van der Waals surface area contributed by atoms with Crippen LogP contribution < -0.4 is 5.73 Å². The molecule has 4 heteroatoms. The Morgan fingerprint density at radius 1 is 1.50 bits per heavy atom. The maximum atomic E-state index is 5.94. The van der Waals surface area contributed by atoms with Gasteiger partial charge in [-0.15, -0.1) is 0 Å². The monoisotopic (exact) mass is 189 g/mol. The van der Waals surface area contributed by atoms with E-state index >= 15 is 0 Å². The molecule has 3 nitrogen and oxygen atoms in total. The Bertz CT molecular complexity index is 146. The van der Waals surface area contributed by atoms with Crippen molar-refractivity contribution >= 4 is 8.56 Å². The summed E-state index contributed by atoms with van der Waals surface area (Å²) in [5, 5.41) is 0. The molecular weight excluding hydrogens is 170 g/mol. The summed E-state index contributed by atoms with van der Waals surface area (Å²) >= 11 is 0. The van der Waals surface area contributed by atoms with Gasteiger partial charge in [0.1, 0.15) is 0 Å². The molecule has 72 valence electrons. The summed E-state index contributed by atoms with van der Waals surface area (Å²) in [5.74, 6) is 0.523. The molecule has 1 atom stereocenters. The summed E-state index contributed by atoms with van der Waals surface area (Å²) in [7, 11) is -2.00. The Morgan fingerprint density at radius 2 is 2.00 bits per heavy atom. The number of nitrogens with two attached hydrogens (primary N) is 1. The molecule has 1 fully saturated rings. The van der Waals surface area contributed by atoms with E-state index < -0.39 is 8.56 Å². The first-order valence-corrected chi connectivity index (χ1v) is 7.01. The third kappa shape index (κ3) is 2.07. The highest BCUT2D eigenvalue weighted by atomic mass is 28.4.